The second-order valence-electron chi connectivity index (χ2n) is 12.7. The Labute approximate surface area is 298 Å². The molecule has 1 heterocycles. The number of hydrogen-bond acceptors (Lipinski definition) is 7. The summed E-state index contributed by atoms with van der Waals surface area (Å²) in [4.78, 5) is 19.6. The van der Waals surface area contributed by atoms with Gasteiger partial charge in [0.2, 0.25) is 5.91 Å². The zero-order valence-electron chi connectivity index (χ0n) is 27.8. The molecule has 3 unspecified atom stereocenters. The number of allylic oxidation sites excluding steroid dienone is 7. The lowest BCUT2D eigenvalue weighted by Gasteiger charge is -2.34. The molecule has 0 aromatic heterocycles. The van der Waals surface area contributed by atoms with Crippen LogP contribution in [0.5, 0.6) is 0 Å². The zero-order valence-corrected chi connectivity index (χ0v) is 29.3. The van der Waals surface area contributed by atoms with E-state index in [-0.39, 0.29) is 24.3 Å². The number of oxime groups is 1. The van der Waals surface area contributed by atoms with Crippen LogP contribution in [0.4, 0.5) is 26.3 Å². The average Bonchev–Trinajstić information content (AvgIpc) is 3.07. The van der Waals surface area contributed by atoms with Crippen LogP contribution in [-0.2, 0) is 14.4 Å². The SMILES string of the molecule is CCCCC(=O)NCC1CCN(CCC(C2=CC=C(Cl)C(Cl)C2)/C(COCC2C=C(C(F)(F)F)C=C(C(F)(F)F)C2)=N/OCC(=N)NO)CC1. The van der Waals surface area contributed by atoms with Crippen molar-refractivity contribution in [2.75, 3.05) is 46.0 Å². The van der Waals surface area contributed by atoms with Gasteiger partial charge >= 0.3 is 12.4 Å². The van der Waals surface area contributed by atoms with Crippen LogP contribution in [0.3, 0.4) is 0 Å². The summed E-state index contributed by atoms with van der Waals surface area (Å²) in [5, 5.41) is 23.7. The van der Waals surface area contributed by atoms with Crippen molar-refractivity contribution in [3.63, 3.8) is 0 Å². The number of rotatable bonds is 17. The number of hydrogen-bond donors (Lipinski definition) is 4. The van der Waals surface area contributed by atoms with Gasteiger partial charge in [-0.1, -0.05) is 47.8 Å². The lowest BCUT2D eigenvalue weighted by atomic mass is 9.85. The van der Waals surface area contributed by atoms with Crippen LogP contribution < -0.4 is 10.8 Å². The van der Waals surface area contributed by atoms with E-state index in [4.69, 9.17) is 43.4 Å². The Hall–Kier alpha value is -2.59. The molecule has 1 aliphatic heterocycles. The van der Waals surface area contributed by atoms with Crippen molar-refractivity contribution < 1.29 is 45.9 Å². The maximum absolute atomic E-state index is 13.5. The van der Waals surface area contributed by atoms with Crippen LogP contribution in [0.15, 0.2) is 51.2 Å². The summed E-state index contributed by atoms with van der Waals surface area (Å²) in [5.74, 6) is -1.67. The molecule has 0 radical (unpaired) electrons. The Kier molecular flexibility index (Phi) is 16.6. The Balaban J connectivity index is 1.74. The predicted molar refractivity (Wildman–Crippen MR) is 179 cm³/mol. The van der Waals surface area contributed by atoms with Gasteiger partial charge in [-0.05, 0) is 76.2 Å². The van der Waals surface area contributed by atoms with Crippen molar-refractivity contribution in [1.82, 2.24) is 15.7 Å². The van der Waals surface area contributed by atoms with E-state index in [0.29, 0.717) is 43.3 Å². The topological polar surface area (TPSA) is 119 Å². The molecule has 9 nitrogen and oxygen atoms in total. The third kappa shape index (κ3) is 13.9. The van der Waals surface area contributed by atoms with Crippen molar-refractivity contribution in [1.29, 1.82) is 5.41 Å². The maximum Gasteiger partial charge on any atom is 0.416 e. The number of likely N-dealkylation sites (tertiary alicyclic amines) is 1. The highest BCUT2D eigenvalue weighted by atomic mass is 35.5. The van der Waals surface area contributed by atoms with Crippen molar-refractivity contribution >= 4 is 40.7 Å². The van der Waals surface area contributed by atoms with Crippen molar-refractivity contribution in [3.8, 4) is 0 Å². The molecule has 0 bridgehead atoms. The number of amidine groups is 1. The quantitative estimate of drug-likeness (QED) is 0.0403. The number of carbonyl (C=O) groups is 1. The van der Waals surface area contributed by atoms with E-state index in [9.17, 15) is 31.1 Å². The van der Waals surface area contributed by atoms with E-state index < -0.39 is 66.2 Å². The molecule has 2 aliphatic carbocycles. The number of piperidine rings is 1. The lowest BCUT2D eigenvalue weighted by Crippen LogP contribution is -2.40. The van der Waals surface area contributed by atoms with Gasteiger partial charge in [-0.25, -0.2) is 0 Å². The molecule has 282 valence electrons. The fourth-order valence-corrected chi connectivity index (χ4v) is 6.38. The van der Waals surface area contributed by atoms with E-state index in [2.05, 4.69) is 15.4 Å². The normalized spacial score (nSPS) is 21.8. The van der Waals surface area contributed by atoms with Crippen LogP contribution in [0, 0.1) is 23.2 Å². The van der Waals surface area contributed by atoms with Crippen LogP contribution in [0.2, 0.25) is 0 Å². The van der Waals surface area contributed by atoms with Gasteiger partial charge in [-0.15, -0.1) is 11.6 Å². The number of ether oxygens (including phenoxy) is 1. The summed E-state index contributed by atoms with van der Waals surface area (Å²) in [6, 6.07) is 0. The first-order chi connectivity index (χ1) is 23.6. The summed E-state index contributed by atoms with van der Waals surface area (Å²) in [6.45, 7) is 3.63. The second kappa shape index (κ2) is 19.9. The molecule has 1 amide bonds. The molecule has 1 saturated heterocycles. The molecule has 0 aromatic rings. The highest BCUT2D eigenvalue weighted by molar-refractivity contribution is 6.37. The minimum atomic E-state index is -4.97. The minimum Gasteiger partial charge on any atom is -0.388 e. The van der Waals surface area contributed by atoms with Crippen LogP contribution in [-0.4, -0.2) is 91.3 Å². The summed E-state index contributed by atoms with van der Waals surface area (Å²) in [6.07, 6.45) is -1.34. The number of alkyl halides is 7. The minimum absolute atomic E-state index is 0.0587. The van der Waals surface area contributed by atoms with Crippen molar-refractivity contribution in [3.05, 3.63) is 46.1 Å². The monoisotopic (exact) mass is 759 g/mol. The number of hydroxylamine groups is 1. The molecular formula is C33H45Cl2F6N5O4. The Morgan fingerprint density at radius 3 is 2.48 bits per heavy atom. The molecule has 50 heavy (non-hydrogen) atoms. The van der Waals surface area contributed by atoms with Gasteiger partial charge < -0.3 is 19.8 Å². The summed E-state index contributed by atoms with van der Waals surface area (Å²) in [7, 11) is 0. The molecule has 17 heteroatoms. The van der Waals surface area contributed by atoms with E-state index in [1.165, 1.54) is 0 Å². The van der Waals surface area contributed by atoms with Gasteiger partial charge in [0, 0.05) is 35.4 Å². The number of nitrogens with one attached hydrogen (secondary N) is 3. The molecule has 3 aliphatic rings. The third-order valence-corrected chi connectivity index (χ3v) is 9.72. The molecule has 3 rings (SSSR count). The number of amides is 1. The fourth-order valence-electron chi connectivity index (χ4n) is 5.99. The van der Waals surface area contributed by atoms with Crippen LogP contribution >= 0.6 is 23.2 Å². The van der Waals surface area contributed by atoms with E-state index >= 15 is 0 Å². The van der Waals surface area contributed by atoms with Gasteiger partial charge in [0.15, 0.2) is 12.4 Å². The first-order valence-electron chi connectivity index (χ1n) is 16.6. The van der Waals surface area contributed by atoms with Gasteiger partial charge in [0.1, 0.15) is 0 Å². The fraction of sp³-hybridized carbons (Fsp3) is 0.667. The number of nitrogens with zero attached hydrogens (tertiary/aromatic N) is 2. The molecule has 3 atom stereocenters. The molecule has 0 aromatic carbocycles. The predicted octanol–water partition coefficient (Wildman–Crippen LogP) is 7.41. The van der Waals surface area contributed by atoms with Gasteiger partial charge in [-0.3, -0.25) is 20.9 Å². The summed E-state index contributed by atoms with van der Waals surface area (Å²) >= 11 is 12.7. The van der Waals surface area contributed by atoms with Gasteiger partial charge in [0.25, 0.3) is 0 Å². The Morgan fingerprint density at radius 2 is 1.86 bits per heavy atom. The first kappa shape index (κ1) is 41.8. The van der Waals surface area contributed by atoms with Crippen molar-refractivity contribution in [2.45, 2.75) is 76.0 Å². The molecular weight excluding hydrogens is 715 g/mol. The Morgan fingerprint density at radius 1 is 1.14 bits per heavy atom. The van der Waals surface area contributed by atoms with Crippen LogP contribution in [0.25, 0.3) is 0 Å². The second-order valence-corrected chi connectivity index (χ2v) is 13.7. The van der Waals surface area contributed by atoms with Crippen LogP contribution in [0.1, 0.15) is 58.3 Å². The lowest BCUT2D eigenvalue weighted by molar-refractivity contribution is -0.121. The first-order valence-corrected chi connectivity index (χ1v) is 17.4. The molecule has 0 spiro atoms. The number of unbranched alkanes of at least 4 members (excludes halogenated alkanes) is 1. The highest BCUT2D eigenvalue weighted by Gasteiger charge is 2.42. The molecule has 4 N–H and O–H groups in total. The van der Waals surface area contributed by atoms with E-state index in [1.807, 2.05) is 6.92 Å². The third-order valence-electron chi connectivity index (χ3n) is 8.83. The molecule has 0 saturated carbocycles. The summed E-state index contributed by atoms with van der Waals surface area (Å²) in [5.41, 5.74) is 0.0574. The summed E-state index contributed by atoms with van der Waals surface area (Å²) < 4.78 is 86.5. The maximum atomic E-state index is 13.5. The van der Waals surface area contributed by atoms with Crippen molar-refractivity contribution in [2.24, 2.45) is 22.9 Å². The number of halogens is 8. The number of carbonyl (C=O) groups excluding carboxylic acids is 1. The zero-order chi connectivity index (χ0) is 36.9. The molecule has 1 fully saturated rings. The highest BCUT2D eigenvalue weighted by Crippen LogP contribution is 2.40. The van der Waals surface area contributed by atoms with E-state index in [0.717, 1.165) is 50.4 Å². The standard InChI is InChI=1S/C33H45Cl2F6N5O4/c1-2-3-4-31(47)43-17-21-7-10-46(11-8-21)12-9-26(23-5-6-27(34)28(35)15-23)29(45-50-20-30(42)44-48)19-49-18-22-13-24(32(36,37)38)16-25(14-22)33(39,40)41/h5-6,13,16,21-22,26,28,48H,2-4,7-12,14-15,17-20H2,1H3,(H2,42,44)(H,43,47)/b45-29+. The van der Waals surface area contributed by atoms with Gasteiger partial charge in [-0.2, -0.15) is 26.3 Å². The Bertz CT molecular complexity index is 1310. The van der Waals surface area contributed by atoms with E-state index in [1.54, 1.807) is 17.6 Å². The largest absolute Gasteiger partial charge is 0.416 e. The average molecular weight is 761 g/mol. The van der Waals surface area contributed by atoms with Gasteiger partial charge in [0.05, 0.1) is 29.9 Å². The smallest absolute Gasteiger partial charge is 0.388 e.